The average Bonchev–Trinajstić information content (AvgIpc) is 2.38. The molecule has 21 heavy (non-hydrogen) atoms. The Morgan fingerprint density at radius 1 is 1.10 bits per heavy atom. The summed E-state index contributed by atoms with van der Waals surface area (Å²) in [6, 6.07) is 2.79. The standard InChI is InChI=1S/C17H26O4/c1-7-16(3,4)12-9-13(18)11(8-14(12)19)15(20)10(2)17(5,6)21/h7-10,15,18-21H,1H2,2-6H3. The molecule has 0 aliphatic rings. The van der Waals surface area contributed by atoms with Gasteiger partial charge in [-0.1, -0.05) is 26.8 Å². The molecule has 4 nitrogen and oxygen atoms in total. The lowest BCUT2D eigenvalue weighted by atomic mass is 9.80. The third-order valence-corrected chi connectivity index (χ3v) is 4.26. The third-order valence-electron chi connectivity index (χ3n) is 4.26. The number of benzene rings is 1. The number of hydrogen-bond acceptors (Lipinski definition) is 4. The summed E-state index contributed by atoms with van der Waals surface area (Å²) in [5.41, 5.74) is -0.888. The van der Waals surface area contributed by atoms with E-state index in [1.165, 1.54) is 12.1 Å². The van der Waals surface area contributed by atoms with Crippen LogP contribution in [0.2, 0.25) is 0 Å². The summed E-state index contributed by atoms with van der Waals surface area (Å²) in [5.74, 6) is -0.642. The first kappa shape index (κ1) is 17.5. The van der Waals surface area contributed by atoms with Crippen LogP contribution in [0.5, 0.6) is 11.5 Å². The first-order chi connectivity index (χ1) is 9.41. The molecule has 4 heteroatoms. The van der Waals surface area contributed by atoms with Crippen LogP contribution in [0.3, 0.4) is 0 Å². The highest BCUT2D eigenvalue weighted by Crippen LogP contribution is 2.41. The topological polar surface area (TPSA) is 80.9 Å². The van der Waals surface area contributed by atoms with Gasteiger partial charge in [-0.2, -0.15) is 0 Å². The molecule has 2 unspecified atom stereocenters. The molecule has 0 saturated heterocycles. The van der Waals surface area contributed by atoms with Crippen molar-refractivity contribution < 1.29 is 20.4 Å². The molecule has 2 atom stereocenters. The van der Waals surface area contributed by atoms with Gasteiger partial charge in [0.2, 0.25) is 0 Å². The van der Waals surface area contributed by atoms with Gasteiger partial charge in [0.1, 0.15) is 11.5 Å². The molecule has 0 spiro atoms. The minimum absolute atomic E-state index is 0.0188. The first-order valence-corrected chi connectivity index (χ1v) is 7.02. The highest BCUT2D eigenvalue weighted by Gasteiger charge is 2.32. The number of allylic oxidation sites excluding steroid dienone is 1. The van der Waals surface area contributed by atoms with Gasteiger partial charge in [-0.05, 0) is 26.0 Å². The minimum atomic E-state index is -1.11. The molecule has 1 aromatic carbocycles. The molecule has 118 valence electrons. The zero-order chi connectivity index (χ0) is 16.6. The maximum Gasteiger partial charge on any atom is 0.121 e. The molecule has 4 N–H and O–H groups in total. The fourth-order valence-corrected chi connectivity index (χ4v) is 2.11. The van der Waals surface area contributed by atoms with Crippen LogP contribution in [0, 0.1) is 5.92 Å². The van der Waals surface area contributed by atoms with Crippen molar-refractivity contribution in [3.8, 4) is 11.5 Å². The second-order valence-corrected chi connectivity index (χ2v) is 6.74. The van der Waals surface area contributed by atoms with Crippen molar-refractivity contribution in [3.63, 3.8) is 0 Å². The normalized spacial score (nSPS) is 15.6. The molecule has 0 aliphatic carbocycles. The largest absolute Gasteiger partial charge is 0.508 e. The maximum atomic E-state index is 10.3. The third kappa shape index (κ3) is 3.57. The Balaban J connectivity index is 3.30. The highest BCUT2D eigenvalue weighted by atomic mass is 16.3. The van der Waals surface area contributed by atoms with Gasteiger partial charge in [0.15, 0.2) is 0 Å². The van der Waals surface area contributed by atoms with E-state index in [-0.39, 0.29) is 17.1 Å². The molecule has 0 fully saturated rings. The van der Waals surface area contributed by atoms with E-state index < -0.39 is 23.0 Å². The van der Waals surface area contributed by atoms with Crippen molar-refractivity contribution in [3.05, 3.63) is 35.9 Å². The van der Waals surface area contributed by atoms with Crippen LogP contribution in [-0.4, -0.2) is 26.0 Å². The minimum Gasteiger partial charge on any atom is -0.508 e. The van der Waals surface area contributed by atoms with Gasteiger partial charge in [0.25, 0.3) is 0 Å². The number of phenolic OH excluding ortho intramolecular Hbond substituents is 2. The summed E-state index contributed by atoms with van der Waals surface area (Å²) in [6.45, 7) is 12.3. The molecule has 1 aromatic rings. The Bertz CT molecular complexity index is 526. The quantitative estimate of drug-likeness (QED) is 0.497. The summed E-state index contributed by atoms with van der Waals surface area (Å²) in [4.78, 5) is 0. The van der Waals surface area contributed by atoms with Gasteiger partial charge in [-0.3, -0.25) is 0 Å². The van der Waals surface area contributed by atoms with E-state index in [4.69, 9.17) is 0 Å². The predicted octanol–water partition coefficient (Wildman–Crippen LogP) is 3.00. The molecule has 0 bridgehead atoms. The number of hydrogen-bond donors (Lipinski definition) is 4. The lowest BCUT2D eigenvalue weighted by molar-refractivity contribution is -0.0396. The van der Waals surface area contributed by atoms with Crippen molar-refractivity contribution in [2.75, 3.05) is 0 Å². The highest BCUT2D eigenvalue weighted by molar-refractivity contribution is 5.50. The Morgan fingerprint density at radius 3 is 2.05 bits per heavy atom. The summed E-state index contributed by atoms with van der Waals surface area (Å²) in [5, 5.41) is 40.7. The summed E-state index contributed by atoms with van der Waals surface area (Å²) in [6.07, 6.45) is 0.591. The molecule has 0 aromatic heterocycles. The second kappa shape index (κ2) is 5.70. The molecule has 0 amide bonds. The Kier molecular flexibility index (Phi) is 4.76. The lowest BCUT2D eigenvalue weighted by Crippen LogP contribution is -2.33. The number of aliphatic hydroxyl groups excluding tert-OH is 1. The van der Waals surface area contributed by atoms with Gasteiger partial charge >= 0.3 is 0 Å². The van der Waals surface area contributed by atoms with Gasteiger partial charge in [-0.25, -0.2) is 0 Å². The van der Waals surface area contributed by atoms with Crippen LogP contribution in [-0.2, 0) is 5.41 Å². The summed E-state index contributed by atoms with van der Waals surface area (Å²) in [7, 11) is 0. The van der Waals surface area contributed by atoms with Gasteiger partial charge < -0.3 is 20.4 Å². The van der Waals surface area contributed by atoms with Gasteiger partial charge in [0, 0.05) is 22.5 Å². The maximum absolute atomic E-state index is 10.3. The number of aliphatic hydroxyl groups is 2. The molecule has 1 rings (SSSR count). The molecular weight excluding hydrogens is 268 g/mol. The fourth-order valence-electron chi connectivity index (χ4n) is 2.11. The summed E-state index contributed by atoms with van der Waals surface area (Å²) < 4.78 is 0. The van der Waals surface area contributed by atoms with E-state index in [0.717, 1.165) is 0 Å². The van der Waals surface area contributed by atoms with E-state index in [1.807, 2.05) is 13.8 Å². The van der Waals surface area contributed by atoms with E-state index in [2.05, 4.69) is 6.58 Å². The summed E-state index contributed by atoms with van der Waals surface area (Å²) >= 11 is 0. The van der Waals surface area contributed by atoms with Crippen molar-refractivity contribution in [2.45, 2.75) is 51.7 Å². The van der Waals surface area contributed by atoms with Gasteiger partial charge in [-0.15, -0.1) is 6.58 Å². The fraction of sp³-hybridized carbons (Fsp3) is 0.529. The zero-order valence-corrected chi connectivity index (χ0v) is 13.4. The Hall–Kier alpha value is -1.52. The average molecular weight is 294 g/mol. The van der Waals surface area contributed by atoms with Gasteiger partial charge in [0.05, 0.1) is 11.7 Å². The monoisotopic (exact) mass is 294 g/mol. The van der Waals surface area contributed by atoms with E-state index in [9.17, 15) is 20.4 Å². The number of rotatable bonds is 5. The molecule has 0 radical (unpaired) electrons. The molecular formula is C17H26O4. The smallest absolute Gasteiger partial charge is 0.121 e. The predicted molar refractivity (Wildman–Crippen MR) is 83.4 cm³/mol. The number of phenols is 2. The van der Waals surface area contributed by atoms with Crippen LogP contribution in [0.25, 0.3) is 0 Å². The Labute approximate surface area is 126 Å². The SMILES string of the molecule is C=CC(C)(C)c1cc(O)c(C(O)C(C)C(C)(C)O)cc1O. The molecule has 0 heterocycles. The second-order valence-electron chi connectivity index (χ2n) is 6.74. The van der Waals surface area contributed by atoms with E-state index >= 15 is 0 Å². The van der Waals surface area contributed by atoms with Crippen molar-refractivity contribution in [1.82, 2.24) is 0 Å². The molecule has 0 aliphatic heterocycles. The van der Waals surface area contributed by atoms with E-state index in [1.54, 1.807) is 26.8 Å². The van der Waals surface area contributed by atoms with Crippen LogP contribution in [0.15, 0.2) is 24.8 Å². The number of aromatic hydroxyl groups is 2. The van der Waals surface area contributed by atoms with E-state index in [0.29, 0.717) is 5.56 Å². The van der Waals surface area contributed by atoms with Crippen LogP contribution in [0.1, 0.15) is 51.8 Å². The zero-order valence-electron chi connectivity index (χ0n) is 13.4. The molecule has 0 saturated carbocycles. The van der Waals surface area contributed by atoms with Crippen LogP contribution in [0.4, 0.5) is 0 Å². The van der Waals surface area contributed by atoms with Crippen LogP contribution >= 0.6 is 0 Å². The van der Waals surface area contributed by atoms with Crippen molar-refractivity contribution >= 4 is 0 Å². The Morgan fingerprint density at radius 2 is 1.62 bits per heavy atom. The van der Waals surface area contributed by atoms with Crippen molar-refractivity contribution in [1.29, 1.82) is 0 Å². The van der Waals surface area contributed by atoms with Crippen LogP contribution < -0.4 is 0 Å². The lowest BCUT2D eigenvalue weighted by Gasteiger charge is -2.31. The first-order valence-electron chi connectivity index (χ1n) is 7.02. The van der Waals surface area contributed by atoms with Crippen molar-refractivity contribution in [2.24, 2.45) is 5.92 Å².